The molecule has 0 atom stereocenters. The van der Waals surface area contributed by atoms with Crippen LogP contribution in [0.4, 0.5) is 0 Å². The van der Waals surface area contributed by atoms with Crippen molar-refractivity contribution in [1.29, 1.82) is 0 Å². The molecule has 2 aliphatic rings. The van der Waals surface area contributed by atoms with E-state index < -0.39 is 0 Å². The Morgan fingerprint density at radius 2 is 1.33 bits per heavy atom. The first-order valence-electron chi connectivity index (χ1n) is 11.5. The molecule has 0 radical (unpaired) electrons. The lowest BCUT2D eigenvalue weighted by Gasteiger charge is -2.32. The van der Waals surface area contributed by atoms with Crippen LogP contribution in [0.2, 0.25) is 0 Å². The fourth-order valence-corrected chi connectivity index (χ4v) is 5.38. The lowest BCUT2D eigenvalue weighted by Crippen LogP contribution is -2.18. The fraction of sp³-hybridized carbons (Fsp3) is 0.917. The van der Waals surface area contributed by atoms with Crippen molar-refractivity contribution in [3.8, 4) is 0 Å². The summed E-state index contributed by atoms with van der Waals surface area (Å²) in [5, 5.41) is 0. The molecular weight excluding hydrogens is 288 g/mol. The van der Waals surface area contributed by atoms with Gasteiger partial charge >= 0.3 is 0 Å². The van der Waals surface area contributed by atoms with E-state index in [4.69, 9.17) is 0 Å². The van der Waals surface area contributed by atoms with Crippen LogP contribution >= 0.6 is 0 Å². The van der Waals surface area contributed by atoms with Crippen LogP contribution in [0, 0.1) is 23.7 Å². The zero-order valence-electron chi connectivity index (χ0n) is 17.0. The summed E-state index contributed by atoms with van der Waals surface area (Å²) in [5.74, 6) is 3.95. The molecule has 2 saturated carbocycles. The Bertz CT molecular complexity index is 337. The van der Waals surface area contributed by atoms with Crippen molar-refractivity contribution in [3.05, 3.63) is 11.6 Å². The number of rotatable bonds is 9. The first kappa shape index (κ1) is 20.1. The van der Waals surface area contributed by atoms with Gasteiger partial charge in [-0.15, -0.1) is 0 Å². The molecule has 24 heavy (non-hydrogen) atoms. The SMILES string of the molecule is CCCCC1CCC(C=C(CCC)C2CCC(CCC)CC2)CC1. The second-order valence-corrected chi connectivity index (χ2v) is 8.92. The van der Waals surface area contributed by atoms with Crippen molar-refractivity contribution < 1.29 is 0 Å². The van der Waals surface area contributed by atoms with E-state index >= 15 is 0 Å². The molecule has 0 heterocycles. The van der Waals surface area contributed by atoms with E-state index in [1.54, 1.807) is 0 Å². The highest BCUT2D eigenvalue weighted by Crippen LogP contribution is 2.39. The van der Waals surface area contributed by atoms with Gasteiger partial charge in [-0.2, -0.15) is 0 Å². The Balaban J connectivity index is 1.83. The van der Waals surface area contributed by atoms with E-state index in [0.717, 1.165) is 23.7 Å². The van der Waals surface area contributed by atoms with Crippen molar-refractivity contribution >= 4 is 0 Å². The van der Waals surface area contributed by atoms with E-state index in [-0.39, 0.29) is 0 Å². The van der Waals surface area contributed by atoms with Crippen LogP contribution in [0.1, 0.15) is 117 Å². The van der Waals surface area contributed by atoms with Gasteiger partial charge in [0.1, 0.15) is 0 Å². The molecule has 0 heteroatoms. The Labute approximate surface area is 152 Å². The minimum atomic E-state index is 0.915. The Kier molecular flexibility index (Phi) is 9.51. The van der Waals surface area contributed by atoms with Gasteiger partial charge in [-0.3, -0.25) is 0 Å². The largest absolute Gasteiger partial charge is 0.0819 e. The standard InChI is InChI=1S/C24H44/c1-4-7-10-21-11-13-22(14-12-21)19-24(9-6-3)23-17-15-20(8-5-2)16-18-23/h19-23H,4-18H2,1-3H3. The molecule has 2 rings (SSSR count). The monoisotopic (exact) mass is 332 g/mol. The van der Waals surface area contributed by atoms with Crippen molar-refractivity contribution in [2.24, 2.45) is 23.7 Å². The van der Waals surface area contributed by atoms with E-state index in [1.165, 1.54) is 96.3 Å². The molecule has 0 aromatic rings. The van der Waals surface area contributed by atoms with Crippen molar-refractivity contribution in [2.45, 2.75) is 117 Å². The second kappa shape index (κ2) is 11.4. The molecule has 2 fully saturated rings. The molecule has 0 aromatic heterocycles. The van der Waals surface area contributed by atoms with E-state index in [2.05, 4.69) is 26.8 Å². The first-order valence-corrected chi connectivity index (χ1v) is 11.5. The van der Waals surface area contributed by atoms with Crippen LogP contribution in [0.5, 0.6) is 0 Å². The maximum Gasteiger partial charge on any atom is -0.0203 e. The number of unbranched alkanes of at least 4 members (excludes halogenated alkanes) is 1. The molecule has 0 N–H and O–H groups in total. The average molecular weight is 333 g/mol. The van der Waals surface area contributed by atoms with Gasteiger partial charge in [-0.25, -0.2) is 0 Å². The minimum Gasteiger partial charge on any atom is -0.0819 e. The summed E-state index contributed by atoms with van der Waals surface area (Å²) in [6, 6.07) is 0. The Morgan fingerprint density at radius 1 is 0.708 bits per heavy atom. The molecule has 140 valence electrons. The number of allylic oxidation sites excluding steroid dienone is 2. The fourth-order valence-electron chi connectivity index (χ4n) is 5.38. The molecule has 0 aliphatic heterocycles. The van der Waals surface area contributed by atoms with E-state index in [0.29, 0.717) is 0 Å². The van der Waals surface area contributed by atoms with Gasteiger partial charge in [0.05, 0.1) is 0 Å². The van der Waals surface area contributed by atoms with Crippen LogP contribution in [-0.2, 0) is 0 Å². The zero-order valence-corrected chi connectivity index (χ0v) is 17.0. The molecule has 0 unspecified atom stereocenters. The third-order valence-corrected chi connectivity index (χ3v) is 6.91. The van der Waals surface area contributed by atoms with Crippen LogP contribution < -0.4 is 0 Å². The van der Waals surface area contributed by atoms with E-state index in [9.17, 15) is 0 Å². The molecule has 0 aromatic carbocycles. The van der Waals surface area contributed by atoms with Crippen molar-refractivity contribution in [3.63, 3.8) is 0 Å². The molecule has 2 aliphatic carbocycles. The van der Waals surface area contributed by atoms with Crippen molar-refractivity contribution in [1.82, 2.24) is 0 Å². The zero-order chi connectivity index (χ0) is 17.2. The quantitative estimate of drug-likeness (QED) is 0.372. The van der Waals surface area contributed by atoms with Gasteiger partial charge in [0, 0.05) is 0 Å². The predicted octanol–water partition coefficient (Wildman–Crippen LogP) is 8.32. The topological polar surface area (TPSA) is 0 Å². The van der Waals surface area contributed by atoms with Crippen LogP contribution in [0.3, 0.4) is 0 Å². The van der Waals surface area contributed by atoms with Crippen LogP contribution in [0.25, 0.3) is 0 Å². The van der Waals surface area contributed by atoms with Gasteiger partial charge < -0.3 is 0 Å². The van der Waals surface area contributed by atoms with Gasteiger partial charge in [-0.1, -0.05) is 70.9 Å². The summed E-state index contributed by atoms with van der Waals surface area (Å²) in [6.07, 6.45) is 24.6. The summed E-state index contributed by atoms with van der Waals surface area (Å²) in [5.41, 5.74) is 1.87. The number of hydrogen-bond acceptors (Lipinski definition) is 0. The van der Waals surface area contributed by atoms with Crippen LogP contribution in [-0.4, -0.2) is 0 Å². The van der Waals surface area contributed by atoms with Crippen LogP contribution in [0.15, 0.2) is 11.6 Å². The maximum absolute atomic E-state index is 2.78. The van der Waals surface area contributed by atoms with Gasteiger partial charge in [0.25, 0.3) is 0 Å². The van der Waals surface area contributed by atoms with E-state index in [1.807, 2.05) is 5.57 Å². The van der Waals surface area contributed by atoms with Gasteiger partial charge in [0.2, 0.25) is 0 Å². The summed E-state index contributed by atoms with van der Waals surface area (Å²) < 4.78 is 0. The highest BCUT2D eigenvalue weighted by Gasteiger charge is 2.25. The van der Waals surface area contributed by atoms with Crippen molar-refractivity contribution in [2.75, 3.05) is 0 Å². The summed E-state index contributed by atoms with van der Waals surface area (Å²) in [4.78, 5) is 0. The highest BCUT2D eigenvalue weighted by atomic mass is 14.3. The molecular formula is C24H44. The lowest BCUT2D eigenvalue weighted by molar-refractivity contribution is 0.273. The second-order valence-electron chi connectivity index (χ2n) is 8.92. The molecule has 0 amide bonds. The Morgan fingerprint density at radius 3 is 1.92 bits per heavy atom. The predicted molar refractivity (Wildman–Crippen MR) is 108 cm³/mol. The first-order chi connectivity index (χ1) is 11.8. The third-order valence-electron chi connectivity index (χ3n) is 6.91. The summed E-state index contributed by atoms with van der Waals surface area (Å²) in [7, 11) is 0. The smallest absolute Gasteiger partial charge is 0.0203 e. The normalized spacial score (nSPS) is 32.0. The summed E-state index contributed by atoms with van der Waals surface area (Å²) >= 11 is 0. The maximum atomic E-state index is 2.78. The lowest BCUT2D eigenvalue weighted by atomic mass is 9.73. The summed E-state index contributed by atoms with van der Waals surface area (Å²) in [6.45, 7) is 7.06. The average Bonchev–Trinajstić information content (AvgIpc) is 2.62. The highest BCUT2D eigenvalue weighted by molar-refractivity contribution is 5.10. The third kappa shape index (κ3) is 6.57. The number of hydrogen-bond donors (Lipinski definition) is 0. The Hall–Kier alpha value is -0.260. The van der Waals surface area contributed by atoms with Gasteiger partial charge in [-0.05, 0) is 81.5 Å². The molecule has 0 saturated heterocycles. The minimum absolute atomic E-state index is 0.915. The molecule has 0 bridgehead atoms. The van der Waals surface area contributed by atoms with Gasteiger partial charge in [0.15, 0.2) is 0 Å². The molecule has 0 nitrogen and oxygen atoms in total. The molecule has 0 spiro atoms.